The Bertz CT molecular complexity index is 783. The van der Waals surface area contributed by atoms with E-state index in [-0.39, 0.29) is 5.92 Å². The van der Waals surface area contributed by atoms with Crippen molar-refractivity contribution in [2.24, 2.45) is 0 Å². The molecule has 0 N–H and O–H groups in total. The molecule has 1 saturated heterocycles. The molecule has 1 fully saturated rings. The molecule has 0 spiro atoms. The summed E-state index contributed by atoms with van der Waals surface area (Å²) in [5.41, 5.74) is 0.717. The number of hydrogen-bond donors (Lipinski definition) is 0. The van der Waals surface area contributed by atoms with E-state index in [9.17, 15) is 18.0 Å². The van der Waals surface area contributed by atoms with E-state index in [2.05, 4.69) is 10.1 Å². The van der Waals surface area contributed by atoms with Gasteiger partial charge in [-0.25, -0.2) is 0 Å². The van der Waals surface area contributed by atoms with E-state index < -0.39 is 24.9 Å². The Hall–Kier alpha value is -2.58. The predicted molar refractivity (Wildman–Crippen MR) is 90.1 cm³/mol. The summed E-state index contributed by atoms with van der Waals surface area (Å²) in [4.78, 5) is 17.8. The summed E-state index contributed by atoms with van der Waals surface area (Å²) < 4.78 is 47.4. The van der Waals surface area contributed by atoms with E-state index in [1.54, 1.807) is 13.2 Å². The molecule has 0 bridgehead atoms. The number of carbonyl (C=O) groups excluding carboxylic acids is 1. The number of aromatic nitrogens is 2. The molecule has 1 aromatic heterocycles. The summed E-state index contributed by atoms with van der Waals surface area (Å²) in [6.07, 6.45) is -4.76. The third-order valence-electron chi connectivity index (χ3n) is 4.61. The Morgan fingerprint density at radius 3 is 2.67 bits per heavy atom. The topological polar surface area (TPSA) is 68.5 Å². The summed E-state index contributed by atoms with van der Waals surface area (Å²) >= 11 is 0. The quantitative estimate of drug-likeness (QED) is 0.786. The Balaban J connectivity index is 1.59. The fourth-order valence-electron chi connectivity index (χ4n) is 3.12. The van der Waals surface area contributed by atoms with Gasteiger partial charge in [-0.3, -0.25) is 4.79 Å². The molecule has 2 aromatic rings. The smallest absolute Gasteiger partial charge is 0.389 e. The number of carbonyl (C=O) groups is 1. The third-order valence-corrected chi connectivity index (χ3v) is 4.61. The predicted octanol–water partition coefficient (Wildman–Crippen LogP) is 3.79. The molecule has 1 aliphatic rings. The molecular formula is C18H20F3N3O3. The van der Waals surface area contributed by atoms with Gasteiger partial charge in [-0.1, -0.05) is 17.3 Å². The first-order valence-corrected chi connectivity index (χ1v) is 8.69. The van der Waals surface area contributed by atoms with Crippen LogP contribution in [-0.4, -0.2) is 47.3 Å². The van der Waals surface area contributed by atoms with E-state index in [0.717, 1.165) is 5.56 Å². The van der Waals surface area contributed by atoms with Gasteiger partial charge in [-0.15, -0.1) is 0 Å². The minimum Gasteiger partial charge on any atom is -0.496 e. The molecule has 3 rings (SSSR count). The molecule has 2 heterocycles. The highest BCUT2D eigenvalue weighted by atomic mass is 19.4. The Morgan fingerprint density at radius 2 is 2.00 bits per heavy atom. The molecule has 6 nitrogen and oxygen atoms in total. The lowest BCUT2D eigenvalue weighted by atomic mass is 9.96. The van der Waals surface area contributed by atoms with E-state index in [1.807, 2.05) is 18.2 Å². The van der Waals surface area contributed by atoms with Crippen molar-refractivity contribution in [3.05, 3.63) is 30.2 Å². The number of ether oxygens (including phenoxy) is 1. The van der Waals surface area contributed by atoms with Crippen molar-refractivity contribution in [2.75, 3.05) is 20.2 Å². The van der Waals surface area contributed by atoms with Crippen molar-refractivity contribution >= 4 is 5.91 Å². The molecular weight excluding hydrogens is 363 g/mol. The number of methoxy groups -OCH3 is 1. The van der Waals surface area contributed by atoms with Crippen molar-refractivity contribution in [1.82, 2.24) is 15.0 Å². The first-order valence-electron chi connectivity index (χ1n) is 8.69. The van der Waals surface area contributed by atoms with Crippen molar-refractivity contribution in [2.45, 2.75) is 37.8 Å². The molecule has 0 saturated carbocycles. The Labute approximate surface area is 154 Å². The van der Waals surface area contributed by atoms with Crippen LogP contribution < -0.4 is 4.74 Å². The molecule has 0 aliphatic carbocycles. The van der Waals surface area contributed by atoms with Gasteiger partial charge in [0.15, 0.2) is 0 Å². The van der Waals surface area contributed by atoms with Gasteiger partial charge in [0.05, 0.1) is 19.1 Å². The molecule has 9 heteroatoms. The molecule has 146 valence electrons. The summed E-state index contributed by atoms with van der Waals surface area (Å²) in [7, 11) is 1.56. The highest BCUT2D eigenvalue weighted by Gasteiger charge is 2.31. The van der Waals surface area contributed by atoms with Gasteiger partial charge >= 0.3 is 6.18 Å². The van der Waals surface area contributed by atoms with Gasteiger partial charge in [0, 0.05) is 25.4 Å². The van der Waals surface area contributed by atoms with Gasteiger partial charge in [0.25, 0.3) is 0 Å². The lowest BCUT2D eigenvalue weighted by Gasteiger charge is -2.30. The summed E-state index contributed by atoms with van der Waals surface area (Å²) in [6.45, 7) is 0.765. The standard InChI is InChI=1S/C18H20F3N3O3/c1-26-14-5-3-2-4-13(14)16-22-17(27-23-16)12-7-10-24(11-8-12)15(25)6-9-18(19,20)21/h2-5,12H,6-11H2,1H3. The summed E-state index contributed by atoms with van der Waals surface area (Å²) in [6, 6.07) is 7.32. The average molecular weight is 383 g/mol. The second kappa shape index (κ2) is 7.98. The van der Waals surface area contributed by atoms with E-state index in [1.165, 1.54) is 4.90 Å². The zero-order valence-corrected chi connectivity index (χ0v) is 14.8. The first-order chi connectivity index (χ1) is 12.9. The highest BCUT2D eigenvalue weighted by Crippen LogP contribution is 2.32. The zero-order valence-electron chi connectivity index (χ0n) is 14.8. The number of hydrogen-bond acceptors (Lipinski definition) is 5. The number of halogens is 3. The number of amides is 1. The largest absolute Gasteiger partial charge is 0.496 e. The highest BCUT2D eigenvalue weighted by molar-refractivity contribution is 5.76. The van der Waals surface area contributed by atoms with Crippen LogP contribution in [0.4, 0.5) is 13.2 Å². The number of likely N-dealkylation sites (tertiary alicyclic amines) is 1. The van der Waals surface area contributed by atoms with Crippen LogP contribution in [0.3, 0.4) is 0 Å². The zero-order chi connectivity index (χ0) is 19.4. The maximum Gasteiger partial charge on any atom is 0.389 e. The minimum absolute atomic E-state index is 0.0207. The van der Waals surface area contributed by atoms with Crippen LogP contribution in [0.2, 0.25) is 0 Å². The van der Waals surface area contributed by atoms with Crippen LogP contribution in [-0.2, 0) is 4.79 Å². The van der Waals surface area contributed by atoms with E-state index in [4.69, 9.17) is 9.26 Å². The number of alkyl halides is 3. The van der Waals surface area contributed by atoms with Crippen molar-refractivity contribution in [3.8, 4) is 17.1 Å². The van der Waals surface area contributed by atoms with E-state index in [0.29, 0.717) is 43.4 Å². The molecule has 1 amide bonds. The SMILES string of the molecule is COc1ccccc1-c1noc(C2CCN(C(=O)CCC(F)(F)F)CC2)n1. The van der Waals surface area contributed by atoms with Crippen molar-refractivity contribution in [1.29, 1.82) is 0 Å². The maximum atomic E-state index is 12.3. The summed E-state index contributed by atoms with van der Waals surface area (Å²) in [5.74, 6) is 1.04. The van der Waals surface area contributed by atoms with Crippen LogP contribution in [0.15, 0.2) is 28.8 Å². The molecule has 1 aliphatic heterocycles. The number of nitrogens with zero attached hydrogens (tertiary/aromatic N) is 3. The van der Waals surface area contributed by atoms with Crippen LogP contribution in [0.5, 0.6) is 5.75 Å². The molecule has 0 unspecified atom stereocenters. The Kier molecular flexibility index (Phi) is 5.67. The Morgan fingerprint density at radius 1 is 1.30 bits per heavy atom. The maximum absolute atomic E-state index is 12.3. The minimum atomic E-state index is -4.31. The lowest BCUT2D eigenvalue weighted by Crippen LogP contribution is -2.38. The third kappa shape index (κ3) is 4.78. The van der Waals surface area contributed by atoms with Gasteiger partial charge in [-0.2, -0.15) is 18.2 Å². The van der Waals surface area contributed by atoms with Crippen LogP contribution in [0.1, 0.15) is 37.5 Å². The monoisotopic (exact) mass is 383 g/mol. The molecule has 0 atom stereocenters. The average Bonchev–Trinajstić information content (AvgIpc) is 3.15. The lowest BCUT2D eigenvalue weighted by molar-refractivity contribution is -0.149. The number of piperidine rings is 1. The molecule has 1 aromatic carbocycles. The second-order valence-corrected chi connectivity index (χ2v) is 6.43. The molecule has 0 radical (unpaired) electrons. The van der Waals surface area contributed by atoms with Crippen LogP contribution >= 0.6 is 0 Å². The fraction of sp³-hybridized carbons (Fsp3) is 0.500. The second-order valence-electron chi connectivity index (χ2n) is 6.43. The van der Waals surface area contributed by atoms with Crippen LogP contribution in [0.25, 0.3) is 11.4 Å². The molecule has 27 heavy (non-hydrogen) atoms. The number of para-hydroxylation sites is 1. The first kappa shape index (κ1) is 19.2. The normalized spacial score (nSPS) is 15.8. The van der Waals surface area contributed by atoms with E-state index >= 15 is 0 Å². The van der Waals surface area contributed by atoms with Crippen LogP contribution in [0, 0.1) is 0 Å². The van der Waals surface area contributed by atoms with Crippen molar-refractivity contribution < 1.29 is 27.2 Å². The number of rotatable bonds is 5. The van der Waals surface area contributed by atoms with Gasteiger partial charge in [0.2, 0.25) is 17.6 Å². The van der Waals surface area contributed by atoms with Gasteiger partial charge < -0.3 is 14.2 Å². The number of benzene rings is 1. The van der Waals surface area contributed by atoms with Gasteiger partial charge in [-0.05, 0) is 25.0 Å². The van der Waals surface area contributed by atoms with Gasteiger partial charge in [0.1, 0.15) is 5.75 Å². The summed E-state index contributed by atoms with van der Waals surface area (Å²) in [5, 5.41) is 4.01. The van der Waals surface area contributed by atoms with Crippen molar-refractivity contribution in [3.63, 3.8) is 0 Å². The fourth-order valence-corrected chi connectivity index (χ4v) is 3.12.